The Hall–Kier alpha value is -3.60. The lowest BCUT2D eigenvalue weighted by atomic mass is 9.69. The molecule has 0 N–H and O–H groups in total. The number of carbonyl (C=O) groups is 2. The molecule has 3 aromatic carbocycles. The second-order valence-electron chi connectivity index (χ2n) is 8.80. The zero-order valence-electron chi connectivity index (χ0n) is 19.1. The van der Waals surface area contributed by atoms with Crippen molar-refractivity contribution in [3.63, 3.8) is 0 Å². The Bertz CT molecular complexity index is 1240. The molecule has 2 atom stereocenters. The lowest BCUT2D eigenvalue weighted by molar-refractivity contribution is -0.153. The van der Waals surface area contributed by atoms with E-state index in [-0.39, 0.29) is 18.5 Å². The number of esters is 1. The average Bonchev–Trinajstić information content (AvgIpc) is 3.17. The summed E-state index contributed by atoms with van der Waals surface area (Å²) in [7, 11) is 1.58. The van der Waals surface area contributed by atoms with Gasteiger partial charge < -0.3 is 14.4 Å². The van der Waals surface area contributed by atoms with Crippen LogP contribution in [0.3, 0.4) is 0 Å². The van der Waals surface area contributed by atoms with Gasteiger partial charge in [-0.3, -0.25) is 9.59 Å². The van der Waals surface area contributed by atoms with Crippen LogP contribution < -0.4 is 4.74 Å². The van der Waals surface area contributed by atoms with Crippen LogP contribution in [0.1, 0.15) is 51.1 Å². The molecule has 0 bridgehead atoms. The molecule has 0 fully saturated rings. The highest BCUT2D eigenvalue weighted by molar-refractivity contribution is 6.03. The van der Waals surface area contributed by atoms with Gasteiger partial charge in [-0.05, 0) is 54.7 Å². The van der Waals surface area contributed by atoms with Gasteiger partial charge in [-0.1, -0.05) is 60.2 Å². The highest BCUT2D eigenvalue weighted by atomic mass is 16.5. The number of nitrogens with zero attached hydrogens (tertiary/aromatic N) is 1. The molecule has 1 aliphatic carbocycles. The topological polar surface area (TPSA) is 55.8 Å². The molecule has 1 aliphatic heterocycles. The zero-order valence-corrected chi connectivity index (χ0v) is 19.1. The third-order valence-electron chi connectivity index (χ3n) is 6.87. The quantitative estimate of drug-likeness (QED) is 0.536. The summed E-state index contributed by atoms with van der Waals surface area (Å²) in [4.78, 5) is 29.6. The van der Waals surface area contributed by atoms with Gasteiger partial charge in [-0.2, -0.15) is 0 Å². The molecule has 5 rings (SSSR count). The minimum Gasteiger partial charge on any atom is -0.497 e. The molecule has 2 aliphatic rings. The largest absolute Gasteiger partial charge is 0.497 e. The summed E-state index contributed by atoms with van der Waals surface area (Å²) in [5, 5.41) is 0. The van der Waals surface area contributed by atoms with Crippen molar-refractivity contribution in [1.82, 2.24) is 4.90 Å². The summed E-state index contributed by atoms with van der Waals surface area (Å²) < 4.78 is 11.1. The number of aryl methyl sites for hydroxylation is 1. The van der Waals surface area contributed by atoms with E-state index in [1.165, 1.54) is 0 Å². The molecule has 0 saturated carbocycles. The fourth-order valence-electron chi connectivity index (χ4n) is 5.48. The normalized spacial score (nSPS) is 20.6. The first-order chi connectivity index (χ1) is 16.0. The minimum atomic E-state index is -1.00. The molecule has 0 spiro atoms. The van der Waals surface area contributed by atoms with Gasteiger partial charge in [0.1, 0.15) is 11.2 Å². The van der Waals surface area contributed by atoms with Crippen molar-refractivity contribution in [2.45, 2.75) is 38.3 Å². The van der Waals surface area contributed by atoms with E-state index in [9.17, 15) is 9.59 Å². The molecular weight excluding hydrogens is 414 g/mol. The van der Waals surface area contributed by atoms with Crippen molar-refractivity contribution in [2.24, 2.45) is 0 Å². The van der Waals surface area contributed by atoms with Crippen molar-refractivity contribution >= 4 is 11.9 Å². The Morgan fingerprint density at radius 2 is 1.88 bits per heavy atom. The molecule has 3 aromatic rings. The van der Waals surface area contributed by atoms with Gasteiger partial charge in [0.05, 0.1) is 19.8 Å². The van der Waals surface area contributed by atoms with Crippen molar-refractivity contribution in [1.29, 1.82) is 0 Å². The van der Waals surface area contributed by atoms with Crippen LogP contribution in [0.4, 0.5) is 0 Å². The van der Waals surface area contributed by atoms with Gasteiger partial charge in [0.2, 0.25) is 0 Å². The molecule has 168 valence electrons. The van der Waals surface area contributed by atoms with Crippen LogP contribution in [-0.2, 0) is 27.9 Å². The highest BCUT2D eigenvalue weighted by Gasteiger charge is 2.61. The van der Waals surface area contributed by atoms with Crippen molar-refractivity contribution in [3.8, 4) is 5.75 Å². The molecular formula is C28H27NO4. The summed E-state index contributed by atoms with van der Waals surface area (Å²) in [6, 6.07) is 21.1. The number of hydrogen-bond acceptors (Lipinski definition) is 4. The maximum atomic E-state index is 13.9. The van der Waals surface area contributed by atoms with Gasteiger partial charge in [-0.25, -0.2) is 0 Å². The summed E-state index contributed by atoms with van der Waals surface area (Å²) in [5.41, 5.74) is 4.45. The molecule has 33 heavy (non-hydrogen) atoms. The zero-order chi connectivity index (χ0) is 23.2. The first kappa shape index (κ1) is 21.3. The average molecular weight is 442 g/mol. The van der Waals surface area contributed by atoms with Crippen LogP contribution >= 0.6 is 0 Å². The van der Waals surface area contributed by atoms with E-state index >= 15 is 0 Å². The first-order valence-corrected chi connectivity index (χ1v) is 11.3. The Morgan fingerprint density at radius 3 is 2.61 bits per heavy atom. The molecule has 5 heteroatoms. The van der Waals surface area contributed by atoms with Crippen LogP contribution in [0.15, 0.2) is 66.7 Å². The van der Waals surface area contributed by atoms with Crippen molar-refractivity contribution in [2.75, 3.05) is 13.7 Å². The van der Waals surface area contributed by atoms with E-state index < -0.39 is 11.5 Å². The number of amides is 1. The van der Waals surface area contributed by atoms with Gasteiger partial charge in [0, 0.05) is 12.1 Å². The van der Waals surface area contributed by atoms with Gasteiger partial charge in [0.15, 0.2) is 0 Å². The minimum absolute atomic E-state index is 0.105. The van der Waals surface area contributed by atoms with Crippen LogP contribution in [0, 0.1) is 6.92 Å². The maximum absolute atomic E-state index is 13.9. The van der Waals surface area contributed by atoms with Crippen molar-refractivity contribution < 1.29 is 19.1 Å². The van der Waals surface area contributed by atoms with E-state index in [2.05, 4.69) is 18.2 Å². The molecule has 0 unspecified atom stereocenters. The number of methoxy groups -OCH3 is 1. The summed E-state index contributed by atoms with van der Waals surface area (Å²) in [6.07, 6.45) is 0.491. The number of carbonyl (C=O) groups excluding carboxylic acids is 2. The fourth-order valence-corrected chi connectivity index (χ4v) is 5.48. The molecule has 1 heterocycles. The summed E-state index contributed by atoms with van der Waals surface area (Å²) in [6.45, 7) is 4.54. The van der Waals surface area contributed by atoms with Crippen LogP contribution in [-0.4, -0.2) is 30.5 Å². The SMILES string of the molecule is CCOC(=O)[C@]12Cc3cc(C)ccc3[C@H]1N(Cc1ccccc1)C(=O)c1cc(OC)ccc12. The highest BCUT2D eigenvalue weighted by Crippen LogP contribution is 2.56. The van der Waals surface area contributed by atoms with Gasteiger partial charge in [0.25, 0.3) is 5.91 Å². The third-order valence-corrected chi connectivity index (χ3v) is 6.87. The number of hydrogen-bond donors (Lipinski definition) is 0. The molecule has 0 radical (unpaired) electrons. The molecule has 1 amide bonds. The van der Waals surface area contributed by atoms with Crippen LogP contribution in [0.25, 0.3) is 0 Å². The van der Waals surface area contributed by atoms with Crippen molar-refractivity contribution in [3.05, 3.63) is 100 Å². The Kier molecular flexibility index (Phi) is 5.20. The Balaban J connectivity index is 1.78. The lowest BCUT2D eigenvalue weighted by Gasteiger charge is -2.45. The smallest absolute Gasteiger partial charge is 0.319 e. The monoisotopic (exact) mass is 441 g/mol. The summed E-state index contributed by atoms with van der Waals surface area (Å²) >= 11 is 0. The molecule has 0 saturated heterocycles. The van der Waals surface area contributed by atoms with E-state index in [0.29, 0.717) is 24.3 Å². The van der Waals surface area contributed by atoms with Gasteiger partial charge >= 0.3 is 5.97 Å². The first-order valence-electron chi connectivity index (χ1n) is 11.3. The standard InChI is InChI=1S/C28H27NO4/c1-4-33-27(31)28-16-20-14-18(2)10-12-22(20)25(28)29(17-19-8-6-5-7-9-19)26(30)23-15-21(32-3)11-13-24(23)28/h5-15,25H,4,16-17H2,1-3H3/t25-,28+/m1/s1. The van der Waals surface area contributed by atoms with E-state index in [0.717, 1.165) is 27.8 Å². The lowest BCUT2D eigenvalue weighted by Crippen LogP contribution is -2.54. The molecule has 0 aromatic heterocycles. The number of fused-ring (bicyclic) bond motifs is 5. The number of benzene rings is 3. The molecule has 5 nitrogen and oxygen atoms in total. The van der Waals surface area contributed by atoms with Crippen LogP contribution in [0.5, 0.6) is 5.75 Å². The number of ether oxygens (including phenoxy) is 2. The van der Waals surface area contributed by atoms with E-state index in [1.807, 2.05) is 61.2 Å². The number of rotatable bonds is 5. The van der Waals surface area contributed by atoms with Crippen LogP contribution in [0.2, 0.25) is 0 Å². The van der Waals surface area contributed by atoms with E-state index in [4.69, 9.17) is 9.47 Å². The predicted octanol–water partition coefficient (Wildman–Crippen LogP) is 4.76. The van der Waals surface area contributed by atoms with E-state index in [1.54, 1.807) is 13.2 Å². The maximum Gasteiger partial charge on any atom is 0.319 e. The third kappa shape index (κ3) is 3.22. The Morgan fingerprint density at radius 1 is 1.09 bits per heavy atom. The second kappa shape index (κ2) is 8.07. The fraction of sp³-hybridized carbons (Fsp3) is 0.286. The van der Waals surface area contributed by atoms with Gasteiger partial charge in [-0.15, -0.1) is 0 Å². The Labute approximate surface area is 193 Å². The second-order valence-corrected chi connectivity index (χ2v) is 8.80. The predicted molar refractivity (Wildman–Crippen MR) is 125 cm³/mol. The summed E-state index contributed by atoms with van der Waals surface area (Å²) in [5.74, 6) is 0.192.